The van der Waals surface area contributed by atoms with Crippen LogP contribution in [-0.4, -0.2) is 74.0 Å². The van der Waals surface area contributed by atoms with E-state index in [0.29, 0.717) is 19.0 Å². The Morgan fingerprint density at radius 3 is 2.79 bits per heavy atom. The minimum absolute atomic E-state index is 0.0176. The Balaban J connectivity index is 1.40. The highest BCUT2D eigenvalue weighted by Crippen LogP contribution is 2.29. The molecule has 1 heterocycles. The van der Waals surface area contributed by atoms with Crippen molar-refractivity contribution in [3.8, 4) is 5.75 Å². The molecule has 2 aliphatic rings. The van der Waals surface area contributed by atoms with E-state index in [1.54, 1.807) is 28.7 Å². The number of ether oxygens (including phenoxy) is 3. The summed E-state index contributed by atoms with van der Waals surface area (Å²) in [5, 5.41) is 0. The molecule has 6 nitrogen and oxygen atoms in total. The maximum absolute atomic E-state index is 12.2. The van der Waals surface area contributed by atoms with Crippen molar-refractivity contribution in [3.63, 3.8) is 0 Å². The highest BCUT2D eigenvalue weighted by molar-refractivity contribution is 8.76. The van der Waals surface area contributed by atoms with Gasteiger partial charge in [0.05, 0.1) is 26.2 Å². The zero-order valence-corrected chi connectivity index (χ0v) is 21.8. The van der Waals surface area contributed by atoms with E-state index in [2.05, 4.69) is 24.0 Å². The molecule has 0 bridgehead atoms. The van der Waals surface area contributed by atoms with Gasteiger partial charge in [-0.1, -0.05) is 46.6 Å². The van der Waals surface area contributed by atoms with Gasteiger partial charge in [-0.05, 0) is 49.8 Å². The Hall–Kier alpha value is -0.930. The number of methoxy groups -OCH3 is 1. The smallest absolute Gasteiger partial charge is 0.306 e. The van der Waals surface area contributed by atoms with Crippen LogP contribution >= 0.6 is 21.6 Å². The lowest BCUT2D eigenvalue weighted by Crippen LogP contribution is -2.46. The van der Waals surface area contributed by atoms with E-state index in [0.717, 1.165) is 61.8 Å². The summed E-state index contributed by atoms with van der Waals surface area (Å²) in [5.41, 5.74) is 7.94. The molecule has 1 aromatic carbocycles. The number of hydrogen-bond acceptors (Lipinski definition) is 8. The Morgan fingerprint density at radius 1 is 1.18 bits per heavy atom. The second-order valence-electron chi connectivity index (χ2n) is 8.89. The van der Waals surface area contributed by atoms with Crippen LogP contribution in [0.3, 0.4) is 0 Å². The molecule has 186 valence electrons. The van der Waals surface area contributed by atoms with Gasteiger partial charge in [0.15, 0.2) is 0 Å². The number of carbonyl (C=O) groups is 1. The van der Waals surface area contributed by atoms with Gasteiger partial charge in [-0.15, -0.1) is 0 Å². The van der Waals surface area contributed by atoms with Crippen LogP contribution in [0.1, 0.15) is 49.7 Å². The summed E-state index contributed by atoms with van der Waals surface area (Å²) in [6, 6.07) is 6.79. The number of likely N-dealkylation sites (tertiary alicyclic amines) is 1. The molecule has 1 aliphatic heterocycles. The quantitative estimate of drug-likeness (QED) is 0.247. The molecule has 2 N–H and O–H groups in total. The van der Waals surface area contributed by atoms with Crippen LogP contribution in [0.25, 0.3) is 0 Å². The largest absolute Gasteiger partial charge is 0.496 e. The van der Waals surface area contributed by atoms with E-state index in [9.17, 15) is 4.79 Å². The maximum Gasteiger partial charge on any atom is 0.306 e. The number of esters is 1. The van der Waals surface area contributed by atoms with E-state index in [4.69, 9.17) is 19.9 Å². The van der Waals surface area contributed by atoms with Crippen molar-refractivity contribution >= 4 is 27.6 Å². The van der Waals surface area contributed by atoms with Crippen molar-refractivity contribution in [2.45, 2.75) is 70.1 Å². The van der Waals surface area contributed by atoms with Gasteiger partial charge < -0.3 is 19.9 Å². The number of aryl methyl sites for hydroxylation is 1. The summed E-state index contributed by atoms with van der Waals surface area (Å²) >= 11 is 0. The highest BCUT2D eigenvalue weighted by Gasteiger charge is 2.36. The van der Waals surface area contributed by atoms with Gasteiger partial charge in [-0.3, -0.25) is 9.69 Å². The van der Waals surface area contributed by atoms with E-state index < -0.39 is 0 Å². The van der Waals surface area contributed by atoms with Gasteiger partial charge in [-0.2, -0.15) is 0 Å². The minimum atomic E-state index is -0.0751. The van der Waals surface area contributed by atoms with Crippen molar-refractivity contribution < 1.29 is 19.0 Å². The molecule has 3 atom stereocenters. The molecule has 0 amide bonds. The van der Waals surface area contributed by atoms with Gasteiger partial charge >= 0.3 is 5.97 Å². The Labute approximate surface area is 207 Å². The van der Waals surface area contributed by atoms with Crippen LogP contribution in [0.15, 0.2) is 18.2 Å². The molecule has 33 heavy (non-hydrogen) atoms. The second kappa shape index (κ2) is 14.5. The van der Waals surface area contributed by atoms with Gasteiger partial charge in [-0.25, -0.2) is 0 Å². The van der Waals surface area contributed by atoms with Crippen LogP contribution < -0.4 is 10.5 Å². The number of benzene rings is 1. The van der Waals surface area contributed by atoms with Gasteiger partial charge in [0.2, 0.25) is 0 Å². The number of carbonyl (C=O) groups excluding carboxylic acids is 1. The Kier molecular flexibility index (Phi) is 11.7. The van der Waals surface area contributed by atoms with Crippen molar-refractivity contribution in [2.24, 2.45) is 5.73 Å². The summed E-state index contributed by atoms with van der Waals surface area (Å²) in [6.07, 6.45) is 7.36. The zero-order valence-electron chi connectivity index (χ0n) is 20.1. The van der Waals surface area contributed by atoms with Crippen molar-refractivity contribution in [3.05, 3.63) is 29.3 Å². The standard InChI is InChI=1S/C25H40N2O4S2/c1-19-17-20(7-8-23(19)29-2)10-14-30-24-6-4-3-5-22(24)27-13-9-21(18-27)31-25(28)11-15-32-33-16-12-26/h7-8,17,21-22,24H,3-6,9-16,18,26H2,1-2H3/t21-,22-,24-/m1/s1. The van der Waals surface area contributed by atoms with E-state index >= 15 is 0 Å². The second-order valence-corrected chi connectivity index (χ2v) is 11.6. The molecule has 1 aromatic rings. The topological polar surface area (TPSA) is 74.0 Å². The predicted molar refractivity (Wildman–Crippen MR) is 138 cm³/mol. The monoisotopic (exact) mass is 496 g/mol. The average Bonchev–Trinajstić information content (AvgIpc) is 3.27. The van der Waals surface area contributed by atoms with Crippen molar-refractivity contribution in [1.29, 1.82) is 0 Å². The summed E-state index contributed by atoms with van der Waals surface area (Å²) in [7, 11) is 5.13. The van der Waals surface area contributed by atoms with Gasteiger partial charge in [0, 0.05) is 37.2 Å². The van der Waals surface area contributed by atoms with Crippen LogP contribution in [0, 0.1) is 6.92 Å². The predicted octanol–water partition coefficient (Wildman–Crippen LogP) is 4.22. The normalized spacial score (nSPS) is 23.5. The third-order valence-corrected chi connectivity index (χ3v) is 8.91. The summed E-state index contributed by atoms with van der Waals surface area (Å²) < 4.78 is 17.5. The lowest BCUT2D eigenvalue weighted by Gasteiger charge is -2.37. The zero-order chi connectivity index (χ0) is 23.5. The molecular weight excluding hydrogens is 456 g/mol. The van der Waals surface area contributed by atoms with Crippen LogP contribution in [0.5, 0.6) is 5.75 Å². The molecule has 1 saturated heterocycles. The first kappa shape index (κ1) is 26.7. The van der Waals surface area contributed by atoms with Crippen molar-refractivity contribution in [1.82, 2.24) is 4.90 Å². The van der Waals surface area contributed by atoms with Crippen molar-refractivity contribution in [2.75, 3.05) is 44.9 Å². The average molecular weight is 497 g/mol. The molecule has 1 aliphatic carbocycles. The molecule has 8 heteroatoms. The summed E-state index contributed by atoms with van der Waals surface area (Å²) in [5.74, 6) is 2.56. The third kappa shape index (κ3) is 8.66. The lowest BCUT2D eigenvalue weighted by molar-refractivity contribution is -0.148. The number of hydrogen-bond donors (Lipinski definition) is 1. The Bertz CT molecular complexity index is 736. The Morgan fingerprint density at radius 2 is 2.00 bits per heavy atom. The number of nitrogens with two attached hydrogens (primary N) is 1. The first-order valence-electron chi connectivity index (χ1n) is 12.2. The van der Waals surface area contributed by atoms with E-state index in [-0.39, 0.29) is 18.2 Å². The molecule has 0 radical (unpaired) electrons. The van der Waals surface area contributed by atoms with E-state index in [1.807, 2.05) is 6.07 Å². The van der Waals surface area contributed by atoms with Crippen LogP contribution in [0.2, 0.25) is 0 Å². The van der Waals surface area contributed by atoms with Gasteiger partial charge in [0.1, 0.15) is 11.9 Å². The first-order chi connectivity index (χ1) is 16.1. The summed E-state index contributed by atoms with van der Waals surface area (Å²) in [6.45, 7) is 5.31. The molecule has 1 saturated carbocycles. The number of nitrogens with zero attached hydrogens (tertiary/aromatic N) is 1. The fourth-order valence-corrected chi connectivity index (χ4v) is 6.63. The molecular formula is C25H40N2O4S2. The lowest BCUT2D eigenvalue weighted by atomic mass is 9.91. The fraction of sp³-hybridized carbons (Fsp3) is 0.720. The molecule has 2 fully saturated rings. The molecule has 0 aromatic heterocycles. The van der Waals surface area contributed by atoms with E-state index in [1.165, 1.54) is 24.8 Å². The molecule has 3 rings (SSSR count). The fourth-order valence-electron chi connectivity index (χ4n) is 4.80. The minimum Gasteiger partial charge on any atom is -0.496 e. The maximum atomic E-state index is 12.2. The molecule has 0 spiro atoms. The SMILES string of the molecule is COc1ccc(CCO[C@@H]2CCCC[C@H]2N2CC[C@@H](OC(=O)CCSSCCN)C2)cc1C. The third-order valence-electron chi connectivity index (χ3n) is 6.47. The molecule has 0 unspecified atom stereocenters. The van der Waals surface area contributed by atoms with Gasteiger partial charge in [0.25, 0.3) is 0 Å². The number of rotatable bonds is 13. The summed E-state index contributed by atoms with van der Waals surface area (Å²) in [4.78, 5) is 14.7. The van der Waals surface area contributed by atoms with Crippen LogP contribution in [0.4, 0.5) is 0 Å². The highest BCUT2D eigenvalue weighted by atomic mass is 33.1. The first-order valence-corrected chi connectivity index (χ1v) is 14.7. The van der Waals surface area contributed by atoms with Crippen LogP contribution in [-0.2, 0) is 20.7 Å².